The Morgan fingerprint density at radius 2 is 1.88 bits per heavy atom. The second kappa shape index (κ2) is 7.49. The number of nitrogens with two attached hydrogens (primary N) is 1. The Balaban J connectivity index is 1.69. The molecular formula is C20H19N3O2. The van der Waals surface area contributed by atoms with Crippen LogP contribution in [-0.4, -0.2) is 18.0 Å². The van der Waals surface area contributed by atoms with Crippen LogP contribution in [0.3, 0.4) is 0 Å². The number of hydrogen-bond donors (Lipinski definition) is 2. The summed E-state index contributed by atoms with van der Waals surface area (Å²) in [6.07, 6.45) is 1.62. The first-order chi connectivity index (χ1) is 12.2. The molecule has 5 heteroatoms. The molecule has 0 spiro atoms. The summed E-state index contributed by atoms with van der Waals surface area (Å²) in [7, 11) is 1.64. The van der Waals surface area contributed by atoms with Crippen molar-refractivity contribution in [3.63, 3.8) is 0 Å². The second-order valence-corrected chi connectivity index (χ2v) is 5.54. The number of amides is 1. The van der Waals surface area contributed by atoms with E-state index >= 15 is 0 Å². The van der Waals surface area contributed by atoms with Crippen molar-refractivity contribution < 1.29 is 9.53 Å². The number of methoxy groups -OCH3 is 1. The number of pyridine rings is 1. The van der Waals surface area contributed by atoms with Crippen molar-refractivity contribution in [2.75, 3.05) is 12.8 Å². The third-order valence-corrected chi connectivity index (χ3v) is 3.92. The number of hydrogen-bond acceptors (Lipinski definition) is 4. The zero-order valence-corrected chi connectivity index (χ0v) is 13.9. The summed E-state index contributed by atoms with van der Waals surface area (Å²) in [6, 6.07) is 18.9. The van der Waals surface area contributed by atoms with E-state index in [-0.39, 0.29) is 5.91 Å². The van der Waals surface area contributed by atoms with Crippen molar-refractivity contribution in [1.29, 1.82) is 0 Å². The summed E-state index contributed by atoms with van der Waals surface area (Å²) in [6.45, 7) is 0.343. The summed E-state index contributed by atoms with van der Waals surface area (Å²) in [5.74, 6) is 1.07. The van der Waals surface area contributed by atoms with E-state index in [1.807, 2.05) is 42.5 Å². The third kappa shape index (κ3) is 3.95. The Labute approximate surface area is 146 Å². The van der Waals surface area contributed by atoms with Crippen molar-refractivity contribution in [2.45, 2.75) is 6.54 Å². The number of benzene rings is 2. The minimum absolute atomic E-state index is 0.152. The van der Waals surface area contributed by atoms with Gasteiger partial charge in [0, 0.05) is 23.9 Å². The number of aromatic nitrogens is 1. The molecule has 0 saturated carbocycles. The maximum atomic E-state index is 12.3. The molecule has 1 heterocycles. The van der Waals surface area contributed by atoms with Crippen LogP contribution >= 0.6 is 0 Å². The van der Waals surface area contributed by atoms with E-state index in [9.17, 15) is 4.79 Å². The highest BCUT2D eigenvalue weighted by molar-refractivity contribution is 5.94. The van der Waals surface area contributed by atoms with E-state index in [2.05, 4.69) is 10.3 Å². The molecule has 0 atom stereocenters. The maximum Gasteiger partial charge on any atom is 0.251 e. The SMILES string of the molecule is COc1cccc(-c2ccc(C(=O)NCc3cccnc3N)cc2)c1. The molecular weight excluding hydrogens is 314 g/mol. The fourth-order valence-electron chi connectivity index (χ4n) is 2.49. The molecule has 2 aromatic carbocycles. The second-order valence-electron chi connectivity index (χ2n) is 5.54. The first-order valence-corrected chi connectivity index (χ1v) is 7.89. The summed E-state index contributed by atoms with van der Waals surface area (Å²) < 4.78 is 5.24. The molecule has 1 aromatic heterocycles. The first-order valence-electron chi connectivity index (χ1n) is 7.89. The van der Waals surface area contributed by atoms with Gasteiger partial charge < -0.3 is 15.8 Å². The number of nitrogens with one attached hydrogen (secondary N) is 1. The lowest BCUT2D eigenvalue weighted by Crippen LogP contribution is -2.23. The number of rotatable bonds is 5. The Morgan fingerprint density at radius 1 is 1.08 bits per heavy atom. The Bertz CT molecular complexity index is 876. The van der Waals surface area contributed by atoms with Crippen LogP contribution in [0.25, 0.3) is 11.1 Å². The number of ether oxygens (including phenoxy) is 1. The molecule has 0 bridgehead atoms. The van der Waals surface area contributed by atoms with Crippen LogP contribution in [0.4, 0.5) is 5.82 Å². The van der Waals surface area contributed by atoms with Crippen LogP contribution in [-0.2, 0) is 6.54 Å². The van der Waals surface area contributed by atoms with Crippen LogP contribution < -0.4 is 15.8 Å². The summed E-state index contributed by atoms with van der Waals surface area (Å²) in [5.41, 5.74) is 9.22. The highest BCUT2D eigenvalue weighted by Crippen LogP contribution is 2.24. The molecule has 5 nitrogen and oxygen atoms in total. The monoisotopic (exact) mass is 333 g/mol. The van der Waals surface area contributed by atoms with Gasteiger partial charge in [0.25, 0.3) is 5.91 Å². The average molecular weight is 333 g/mol. The van der Waals surface area contributed by atoms with Gasteiger partial charge in [-0.3, -0.25) is 4.79 Å². The summed E-state index contributed by atoms with van der Waals surface area (Å²) in [5, 5.41) is 2.85. The van der Waals surface area contributed by atoms with Gasteiger partial charge in [0.1, 0.15) is 11.6 Å². The van der Waals surface area contributed by atoms with Crippen molar-refractivity contribution in [1.82, 2.24) is 10.3 Å². The fraction of sp³-hybridized carbons (Fsp3) is 0.100. The molecule has 0 aliphatic carbocycles. The zero-order valence-electron chi connectivity index (χ0n) is 13.9. The molecule has 0 fully saturated rings. The number of anilines is 1. The minimum Gasteiger partial charge on any atom is -0.497 e. The Morgan fingerprint density at radius 3 is 2.60 bits per heavy atom. The van der Waals surface area contributed by atoms with Crippen LogP contribution in [0, 0.1) is 0 Å². The first kappa shape index (κ1) is 16.5. The van der Waals surface area contributed by atoms with Gasteiger partial charge in [-0.1, -0.05) is 30.3 Å². The van der Waals surface area contributed by atoms with Gasteiger partial charge in [0.05, 0.1) is 7.11 Å². The van der Waals surface area contributed by atoms with Crippen LogP contribution in [0.1, 0.15) is 15.9 Å². The van der Waals surface area contributed by atoms with E-state index < -0.39 is 0 Å². The van der Waals surface area contributed by atoms with Gasteiger partial charge in [0.15, 0.2) is 0 Å². The lowest BCUT2D eigenvalue weighted by molar-refractivity contribution is 0.0951. The number of carbonyl (C=O) groups excluding carboxylic acids is 1. The molecule has 126 valence electrons. The average Bonchev–Trinajstić information content (AvgIpc) is 2.67. The van der Waals surface area contributed by atoms with Crippen LogP contribution in [0.15, 0.2) is 66.9 Å². The summed E-state index contributed by atoms with van der Waals surface area (Å²) in [4.78, 5) is 16.3. The lowest BCUT2D eigenvalue weighted by Gasteiger charge is -2.08. The largest absolute Gasteiger partial charge is 0.497 e. The molecule has 0 radical (unpaired) electrons. The van der Waals surface area contributed by atoms with E-state index in [0.29, 0.717) is 17.9 Å². The number of carbonyl (C=O) groups is 1. The summed E-state index contributed by atoms with van der Waals surface area (Å²) >= 11 is 0. The van der Waals surface area contributed by atoms with Crippen LogP contribution in [0.2, 0.25) is 0 Å². The smallest absolute Gasteiger partial charge is 0.251 e. The van der Waals surface area contributed by atoms with Crippen molar-refractivity contribution in [3.05, 3.63) is 78.0 Å². The maximum absolute atomic E-state index is 12.3. The molecule has 3 N–H and O–H groups in total. The number of nitrogens with zero attached hydrogens (tertiary/aromatic N) is 1. The molecule has 1 amide bonds. The van der Waals surface area contributed by atoms with Gasteiger partial charge in [-0.05, 0) is 41.5 Å². The predicted molar refractivity (Wildman–Crippen MR) is 98.2 cm³/mol. The predicted octanol–water partition coefficient (Wildman–Crippen LogP) is 3.27. The van der Waals surface area contributed by atoms with E-state index in [1.165, 1.54) is 0 Å². The fourth-order valence-corrected chi connectivity index (χ4v) is 2.49. The standard InChI is InChI=1S/C20H19N3O2/c1-25-18-6-2-4-16(12-18)14-7-9-15(10-8-14)20(24)23-13-17-5-3-11-22-19(17)21/h2-12H,13H2,1H3,(H2,21,22)(H,23,24). The van der Waals surface area contributed by atoms with Crippen molar-refractivity contribution in [3.8, 4) is 16.9 Å². The quantitative estimate of drug-likeness (QED) is 0.751. The van der Waals surface area contributed by atoms with E-state index in [4.69, 9.17) is 10.5 Å². The third-order valence-electron chi connectivity index (χ3n) is 3.92. The zero-order chi connectivity index (χ0) is 17.6. The van der Waals surface area contributed by atoms with Crippen molar-refractivity contribution >= 4 is 11.7 Å². The molecule has 3 rings (SSSR count). The number of nitrogen functional groups attached to an aromatic ring is 1. The Kier molecular flexibility index (Phi) is 4.95. The molecule has 0 aliphatic heterocycles. The minimum atomic E-state index is -0.152. The van der Waals surface area contributed by atoms with E-state index in [0.717, 1.165) is 22.4 Å². The van der Waals surface area contributed by atoms with E-state index in [1.54, 1.807) is 31.5 Å². The van der Waals surface area contributed by atoms with Gasteiger partial charge in [-0.15, -0.1) is 0 Å². The lowest BCUT2D eigenvalue weighted by atomic mass is 10.0. The van der Waals surface area contributed by atoms with Gasteiger partial charge in [-0.25, -0.2) is 4.98 Å². The van der Waals surface area contributed by atoms with Gasteiger partial charge in [-0.2, -0.15) is 0 Å². The Hall–Kier alpha value is -3.34. The normalized spacial score (nSPS) is 10.3. The highest BCUT2D eigenvalue weighted by atomic mass is 16.5. The highest BCUT2D eigenvalue weighted by Gasteiger charge is 2.07. The molecule has 25 heavy (non-hydrogen) atoms. The molecule has 3 aromatic rings. The van der Waals surface area contributed by atoms with Gasteiger partial charge in [0.2, 0.25) is 0 Å². The molecule has 0 aliphatic rings. The van der Waals surface area contributed by atoms with Gasteiger partial charge >= 0.3 is 0 Å². The molecule has 0 unspecified atom stereocenters. The van der Waals surface area contributed by atoms with Crippen LogP contribution in [0.5, 0.6) is 5.75 Å². The van der Waals surface area contributed by atoms with Crippen molar-refractivity contribution in [2.24, 2.45) is 0 Å². The topological polar surface area (TPSA) is 77.2 Å². The molecule has 0 saturated heterocycles.